The zero-order valence-electron chi connectivity index (χ0n) is 53.1. The first-order chi connectivity index (χ1) is 43.0. The molecule has 6 bridgehead atoms. The first-order valence-corrected chi connectivity index (χ1v) is 33.7. The molecule has 3 aromatic heterocycles. The second kappa shape index (κ2) is 25.9. The summed E-state index contributed by atoms with van der Waals surface area (Å²) in [5, 5.41) is 8.60. The number of esters is 1. The molecule has 1 aliphatic carbocycles. The van der Waals surface area contributed by atoms with Crippen LogP contribution in [-0.4, -0.2) is 206 Å². The van der Waals surface area contributed by atoms with Crippen molar-refractivity contribution in [2.24, 2.45) is 16.7 Å². The van der Waals surface area contributed by atoms with E-state index in [1.807, 2.05) is 43.1 Å². The molecule has 2 aromatic carbocycles. The van der Waals surface area contributed by atoms with Gasteiger partial charge in [-0.25, -0.2) is 15.2 Å². The molecule has 10 heterocycles. The van der Waals surface area contributed by atoms with Gasteiger partial charge in [-0.15, -0.1) is 11.3 Å². The van der Waals surface area contributed by atoms with E-state index in [-0.39, 0.29) is 42.1 Å². The second-order valence-electron chi connectivity index (χ2n) is 27.7. The number of nitrogens with one attached hydrogen (secondary N) is 2. The third kappa shape index (κ3) is 12.8. The molecule has 6 saturated heterocycles. The van der Waals surface area contributed by atoms with Gasteiger partial charge in [0.15, 0.2) is 0 Å². The van der Waals surface area contributed by atoms with Crippen molar-refractivity contribution in [1.29, 1.82) is 0 Å². The number of hydrazine groups is 1. The van der Waals surface area contributed by atoms with Crippen molar-refractivity contribution < 1.29 is 42.9 Å². The van der Waals surface area contributed by atoms with E-state index in [9.17, 15) is 9.59 Å². The molecule has 5 aromatic rings. The molecule has 20 nitrogen and oxygen atoms in total. The fourth-order valence-electron chi connectivity index (χ4n) is 15.0. The summed E-state index contributed by atoms with van der Waals surface area (Å²) in [5.41, 5.74) is 11.5. The number of carbonyl (C=O) groups excluding carboxylic acids is 4. The Balaban J connectivity index is 0.910. The molecule has 7 fully saturated rings. The second-order valence-corrected chi connectivity index (χ2v) is 28.6. The van der Waals surface area contributed by atoms with Crippen molar-refractivity contribution in [2.45, 2.75) is 141 Å². The Kier molecular flexibility index (Phi) is 18.0. The standard InChI is InChI=1S/C68H91N11O9S/c1-43(2)59(73(6)66(83)76-23-19-47(36-76)45-12-9-8-10-13-45)62(80)71-58-61(77-38-68(39-77)41-86-42-68)63-70-55(37-89-63)46-15-18-56-51(32-46)53(34-67(4,5)40-88-65(82)54-14-11-22-79(72-54)64(58)81)60(78(56)28-31-87-50-20-29-85-30-21-50)52-33-49(35-69-57(52)44(3)84-7)75-26-24-74(25-27-75)48-16-17-48/h8-10,12-13,15,18,32-33,35,37,43-44,47-48,50,54,58-59,61,72H,11,14,16-17,19-31,34,36,38-42H2,1-7H3,(H,71,80)/t44-,47+,54-,58-,59-,61-/m0/s1. The number of carbonyl (C=O) groups is 4. The maximum absolute atomic E-state index is 15.8. The van der Waals surface area contributed by atoms with Crippen LogP contribution in [0.5, 0.6) is 0 Å². The summed E-state index contributed by atoms with van der Waals surface area (Å²) < 4.78 is 33.3. The van der Waals surface area contributed by atoms with Crippen molar-refractivity contribution in [3.8, 4) is 22.5 Å². The molecule has 13 rings (SSSR count). The SMILES string of the molecule is CO[C@@H](C)c1ncc(N2CCN(C3CC3)CC2)cc1-c1c2c3cc(ccc3n1CCOC1CCOCC1)-c1csc(n1)[C@@H](N1CC3(COC3)C1)[C@H](NC(=O)[C@H](C(C)C)N(C)C(=O)N1CC[C@@H](c3ccccc3)C1)C(=O)N1CCC[C@H](N1)C(=O)OCC(C)(C)C2. The number of fused-ring (bicyclic) bond motifs is 6. The third-order valence-corrected chi connectivity index (χ3v) is 21.1. The first-order valence-electron chi connectivity index (χ1n) is 32.8. The van der Waals surface area contributed by atoms with Gasteiger partial charge in [-0.1, -0.05) is 64.1 Å². The number of rotatable bonds is 15. The molecule has 7 aliphatic heterocycles. The van der Waals surface area contributed by atoms with E-state index in [1.54, 1.807) is 19.1 Å². The number of likely N-dealkylation sites (tertiary alicyclic amines) is 2. The number of nitrogens with zero attached hydrogens (tertiary/aromatic N) is 9. The van der Waals surface area contributed by atoms with Gasteiger partial charge in [0.25, 0.3) is 5.91 Å². The monoisotopic (exact) mass is 1240 g/mol. The minimum atomic E-state index is -1.18. The van der Waals surface area contributed by atoms with Crippen molar-refractivity contribution in [2.75, 3.05) is 118 Å². The predicted molar refractivity (Wildman–Crippen MR) is 341 cm³/mol. The number of cyclic esters (lactones) is 1. The lowest BCUT2D eigenvalue weighted by atomic mass is 9.76. The van der Waals surface area contributed by atoms with E-state index in [4.69, 9.17) is 33.7 Å². The van der Waals surface area contributed by atoms with E-state index < -0.39 is 47.4 Å². The molecule has 8 aliphatic rings. The summed E-state index contributed by atoms with van der Waals surface area (Å²) in [6.45, 7) is 20.5. The fourth-order valence-corrected chi connectivity index (χ4v) is 16.0. The van der Waals surface area contributed by atoms with E-state index in [1.165, 1.54) is 34.8 Å². The number of piperazine rings is 1. The van der Waals surface area contributed by atoms with Crippen molar-refractivity contribution >= 4 is 51.7 Å². The summed E-state index contributed by atoms with van der Waals surface area (Å²) in [4.78, 5) is 82.0. The van der Waals surface area contributed by atoms with E-state index in [0.29, 0.717) is 103 Å². The Hall–Kier alpha value is -6.04. The number of likely N-dealkylation sites (N-methyl/N-ethyl adjacent to an activating group) is 1. The number of benzene rings is 2. The van der Waals surface area contributed by atoms with Crippen LogP contribution in [0.2, 0.25) is 0 Å². The smallest absolute Gasteiger partial charge is 0.324 e. The van der Waals surface area contributed by atoms with Gasteiger partial charge in [-0.2, -0.15) is 0 Å². The Morgan fingerprint density at radius 3 is 2.39 bits per heavy atom. The molecule has 89 heavy (non-hydrogen) atoms. The van der Waals surface area contributed by atoms with Crippen LogP contribution in [0, 0.1) is 16.7 Å². The highest BCUT2D eigenvalue weighted by atomic mass is 32.1. The van der Waals surface area contributed by atoms with Crippen LogP contribution in [0.4, 0.5) is 10.5 Å². The number of aromatic nitrogens is 3. The van der Waals surface area contributed by atoms with Crippen LogP contribution in [0.25, 0.3) is 33.4 Å². The molecular formula is C68H91N11O9S. The lowest BCUT2D eigenvalue weighted by Crippen LogP contribution is -2.70. The van der Waals surface area contributed by atoms with Crippen LogP contribution in [0.3, 0.4) is 0 Å². The van der Waals surface area contributed by atoms with E-state index >= 15 is 9.59 Å². The largest absolute Gasteiger partial charge is 0.464 e. The quantitative estimate of drug-likeness (QED) is 0.0958. The number of thiazole rings is 1. The summed E-state index contributed by atoms with van der Waals surface area (Å²) in [7, 11) is 3.44. The molecule has 1 saturated carbocycles. The van der Waals surface area contributed by atoms with Gasteiger partial charge in [0.1, 0.15) is 23.1 Å². The number of ether oxygens (including phenoxy) is 5. The van der Waals surface area contributed by atoms with Gasteiger partial charge in [0.2, 0.25) is 5.91 Å². The number of methoxy groups -OCH3 is 1. The van der Waals surface area contributed by atoms with Crippen LogP contribution < -0.4 is 15.6 Å². The number of pyridine rings is 1. The summed E-state index contributed by atoms with van der Waals surface area (Å²) in [6.07, 6.45) is 8.39. The number of hydrogen-bond donors (Lipinski definition) is 2. The minimum Gasteiger partial charge on any atom is -0.464 e. The summed E-state index contributed by atoms with van der Waals surface area (Å²) in [6, 6.07) is 16.0. The molecule has 1 spiro atoms. The Morgan fingerprint density at radius 2 is 1.67 bits per heavy atom. The lowest BCUT2D eigenvalue weighted by molar-refractivity contribution is -0.202. The summed E-state index contributed by atoms with van der Waals surface area (Å²) >= 11 is 1.48. The lowest BCUT2D eigenvalue weighted by Gasteiger charge is -2.58. The highest BCUT2D eigenvalue weighted by molar-refractivity contribution is 7.10. The predicted octanol–water partition coefficient (Wildman–Crippen LogP) is 8.06. The average Bonchev–Trinajstić information content (AvgIpc) is 1.94. The summed E-state index contributed by atoms with van der Waals surface area (Å²) in [5.74, 6) is -1.41. The highest BCUT2D eigenvalue weighted by Gasteiger charge is 2.55. The van der Waals surface area contributed by atoms with Crippen molar-refractivity contribution in [1.82, 2.24) is 49.9 Å². The van der Waals surface area contributed by atoms with Crippen molar-refractivity contribution in [3.05, 3.63) is 88.0 Å². The normalized spacial score (nSPS) is 25.1. The van der Waals surface area contributed by atoms with Gasteiger partial charge >= 0.3 is 12.0 Å². The van der Waals surface area contributed by atoms with Crippen LogP contribution in [0.1, 0.15) is 119 Å². The number of amides is 4. The average molecular weight is 1240 g/mol. The topological polar surface area (TPSA) is 189 Å². The van der Waals surface area contributed by atoms with Crippen LogP contribution in [0.15, 0.2) is 66.2 Å². The van der Waals surface area contributed by atoms with Crippen molar-refractivity contribution in [3.63, 3.8) is 0 Å². The maximum Gasteiger partial charge on any atom is 0.324 e. The highest BCUT2D eigenvalue weighted by Crippen LogP contribution is 2.47. The van der Waals surface area contributed by atoms with Gasteiger partial charge in [-0.05, 0) is 93.5 Å². The van der Waals surface area contributed by atoms with Gasteiger partial charge in [-0.3, -0.25) is 34.2 Å². The minimum absolute atomic E-state index is 0.0701. The molecule has 478 valence electrons. The third-order valence-electron chi connectivity index (χ3n) is 20.2. The zero-order chi connectivity index (χ0) is 61.7. The number of anilines is 1. The Bertz CT molecular complexity index is 3360. The number of hydrogen-bond acceptors (Lipinski definition) is 16. The van der Waals surface area contributed by atoms with Crippen LogP contribution >= 0.6 is 11.3 Å². The molecule has 0 radical (unpaired) electrons. The molecule has 0 unspecified atom stereocenters. The number of urea groups is 1. The molecular weight excluding hydrogens is 1150 g/mol. The van der Waals surface area contributed by atoms with Gasteiger partial charge in [0.05, 0.1) is 73.6 Å². The molecule has 6 atom stereocenters. The van der Waals surface area contributed by atoms with E-state index in [0.717, 1.165) is 95.8 Å². The fraction of sp³-hybridized carbons (Fsp3) is 0.618. The van der Waals surface area contributed by atoms with Gasteiger partial charge in [0, 0.05) is 143 Å². The van der Waals surface area contributed by atoms with Gasteiger partial charge < -0.3 is 48.3 Å². The Morgan fingerprint density at radius 1 is 0.899 bits per heavy atom. The molecule has 4 amide bonds. The zero-order valence-corrected chi connectivity index (χ0v) is 53.9. The first kappa shape index (κ1) is 61.8. The van der Waals surface area contributed by atoms with E-state index in [2.05, 4.69) is 92.6 Å². The Labute approximate surface area is 527 Å². The maximum atomic E-state index is 15.8. The van der Waals surface area contributed by atoms with Crippen LogP contribution in [-0.2, 0) is 51.0 Å². The molecule has 21 heteroatoms. The molecule has 2 N–H and O–H groups in total.